The Hall–Kier alpha value is -0.770. The molecule has 2 saturated carbocycles. The van der Waals surface area contributed by atoms with Gasteiger partial charge in [-0.15, -0.1) is 0 Å². The molecule has 2 rings (SSSR count). The molecule has 4 nitrogen and oxygen atoms in total. The molecule has 0 aromatic rings. The maximum Gasteiger partial charge on any atom is 0.205 e. The zero-order valence-corrected chi connectivity index (χ0v) is 10.4. The molecular weight excluding hydrogens is 200 g/mol. The predicted molar refractivity (Wildman–Crippen MR) is 66.8 cm³/mol. The molecule has 3 atom stereocenters. The number of nitrogens with two attached hydrogens (primary N) is 1. The third-order valence-electron chi connectivity index (χ3n) is 3.81. The van der Waals surface area contributed by atoms with E-state index in [1.54, 1.807) is 0 Å². The number of hydrogen-bond acceptors (Lipinski definition) is 2. The van der Waals surface area contributed by atoms with E-state index in [1.807, 2.05) is 0 Å². The van der Waals surface area contributed by atoms with Crippen LogP contribution >= 0.6 is 0 Å². The topological polar surface area (TPSA) is 62.4 Å². The Bertz CT molecular complexity index is 262. The minimum atomic E-state index is 0.574. The van der Waals surface area contributed by atoms with Crippen LogP contribution in [-0.2, 0) is 0 Å². The SMILES string of the molecule is CC(C)CN=C(NN)NC1CC2CCC1C2. The highest BCUT2D eigenvalue weighted by atomic mass is 15.3. The van der Waals surface area contributed by atoms with E-state index in [0.29, 0.717) is 12.0 Å². The number of nitrogens with one attached hydrogen (secondary N) is 2. The first kappa shape index (κ1) is 11.7. The van der Waals surface area contributed by atoms with E-state index < -0.39 is 0 Å². The quantitative estimate of drug-likeness (QED) is 0.292. The Labute approximate surface area is 98.0 Å². The van der Waals surface area contributed by atoms with Gasteiger partial charge in [-0.1, -0.05) is 20.3 Å². The van der Waals surface area contributed by atoms with Crippen molar-refractivity contribution in [3.63, 3.8) is 0 Å². The van der Waals surface area contributed by atoms with E-state index in [-0.39, 0.29) is 0 Å². The van der Waals surface area contributed by atoms with Crippen molar-refractivity contribution < 1.29 is 0 Å². The average molecular weight is 224 g/mol. The van der Waals surface area contributed by atoms with Crippen molar-refractivity contribution in [2.24, 2.45) is 28.6 Å². The van der Waals surface area contributed by atoms with Crippen LogP contribution in [0.15, 0.2) is 4.99 Å². The van der Waals surface area contributed by atoms with Gasteiger partial charge < -0.3 is 5.32 Å². The normalized spacial score (nSPS) is 33.5. The van der Waals surface area contributed by atoms with Gasteiger partial charge >= 0.3 is 0 Å². The zero-order valence-electron chi connectivity index (χ0n) is 10.4. The molecule has 2 aliphatic carbocycles. The molecule has 2 bridgehead atoms. The van der Waals surface area contributed by atoms with Crippen molar-refractivity contribution >= 4 is 5.96 Å². The van der Waals surface area contributed by atoms with Gasteiger partial charge in [0.2, 0.25) is 5.96 Å². The van der Waals surface area contributed by atoms with Gasteiger partial charge in [-0.05, 0) is 37.0 Å². The fraction of sp³-hybridized carbons (Fsp3) is 0.917. The third kappa shape index (κ3) is 2.67. The zero-order chi connectivity index (χ0) is 11.5. The summed E-state index contributed by atoms with van der Waals surface area (Å²) in [5.41, 5.74) is 2.68. The van der Waals surface area contributed by atoms with Crippen LogP contribution in [0.3, 0.4) is 0 Å². The molecule has 0 aromatic carbocycles. The minimum Gasteiger partial charge on any atom is -0.352 e. The smallest absolute Gasteiger partial charge is 0.205 e. The van der Waals surface area contributed by atoms with Crippen LogP contribution in [0, 0.1) is 17.8 Å². The summed E-state index contributed by atoms with van der Waals surface area (Å²) in [6, 6.07) is 0.598. The Morgan fingerprint density at radius 1 is 1.38 bits per heavy atom. The first-order valence-corrected chi connectivity index (χ1v) is 6.46. The lowest BCUT2D eigenvalue weighted by atomic mass is 9.95. The molecule has 4 heteroatoms. The second-order valence-corrected chi connectivity index (χ2v) is 5.65. The first-order valence-electron chi connectivity index (χ1n) is 6.46. The Morgan fingerprint density at radius 3 is 2.69 bits per heavy atom. The van der Waals surface area contributed by atoms with Crippen LogP contribution in [0.2, 0.25) is 0 Å². The largest absolute Gasteiger partial charge is 0.352 e. The van der Waals surface area contributed by atoms with Crippen LogP contribution in [0.1, 0.15) is 39.5 Å². The summed E-state index contributed by atoms with van der Waals surface area (Å²) < 4.78 is 0. The predicted octanol–water partition coefficient (Wildman–Crippen LogP) is 1.24. The van der Waals surface area contributed by atoms with Gasteiger partial charge in [0.15, 0.2) is 0 Å². The molecule has 0 saturated heterocycles. The Balaban J connectivity index is 1.85. The highest BCUT2D eigenvalue weighted by Gasteiger charge is 2.39. The minimum absolute atomic E-state index is 0.574. The molecule has 0 spiro atoms. The van der Waals surface area contributed by atoms with Gasteiger partial charge in [0, 0.05) is 12.6 Å². The number of fused-ring (bicyclic) bond motifs is 2. The lowest BCUT2D eigenvalue weighted by Crippen LogP contribution is -2.48. The van der Waals surface area contributed by atoms with E-state index in [2.05, 4.69) is 29.6 Å². The Kier molecular flexibility index (Phi) is 3.69. The summed E-state index contributed by atoms with van der Waals surface area (Å²) in [5.74, 6) is 8.64. The summed E-state index contributed by atoms with van der Waals surface area (Å²) in [6.07, 6.45) is 5.51. The standard InChI is InChI=1S/C12H24N4/c1-8(2)7-14-12(16-13)15-11-6-9-3-4-10(11)5-9/h8-11H,3-7,13H2,1-2H3,(H2,14,15,16). The van der Waals surface area contributed by atoms with Crippen LogP contribution in [0.5, 0.6) is 0 Å². The summed E-state index contributed by atoms with van der Waals surface area (Å²) in [4.78, 5) is 4.46. The molecule has 2 fully saturated rings. The number of nitrogens with zero attached hydrogens (tertiary/aromatic N) is 1. The van der Waals surface area contributed by atoms with Crippen molar-refractivity contribution in [2.75, 3.05) is 6.54 Å². The highest BCUT2D eigenvalue weighted by Crippen LogP contribution is 2.44. The van der Waals surface area contributed by atoms with Crippen LogP contribution in [-0.4, -0.2) is 18.5 Å². The number of aliphatic imine (C=N–C) groups is 1. The molecular formula is C12H24N4. The molecule has 0 radical (unpaired) electrons. The van der Waals surface area contributed by atoms with Crippen molar-refractivity contribution in [1.29, 1.82) is 0 Å². The van der Waals surface area contributed by atoms with E-state index >= 15 is 0 Å². The Morgan fingerprint density at radius 2 is 2.19 bits per heavy atom. The maximum absolute atomic E-state index is 5.49. The van der Waals surface area contributed by atoms with Crippen molar-refractivity contribution in [3.05, 3.63) is 0 Å². The third-order valence-corrected chi connectivity index (χ3v) is 3.81. The van der Waals surface area contributed by atoms with Gasteiger partial charge in [-0.25, -0.2) is 5.84 Å². The van der Waals surface area contributed by atoms with Gasteiger partial charge in [-0.3, -0.25) is 10.4 Å². The summed E-state index contributed by atoms with van der Waals surface area (Å²) in [5, 5.41) is 3.47. The number of hydrogen-bond donors (Lipinski definition) is 3. The van der Waals surface area contributed by atoms with E-state index in [4.69, 9.17) is 5.84 Å². The first-order chi connectivity index (χ1) is 7.69. The lowest BCUT2D eigenvalue weighted by Gasteiger charge is -2.24. The number of guanidine groups is 1. The van der Waals surface area contributed by atoms with Crippen LogP contribution < -0.4 is 16.6 Å². The van der Waals surface area contributed by atoms with Crippen LogP contribution in [0.25, 0.3) is 0 Å². The van der Waals surface area contributed by atoms with E-state index in [1.165, 1.54) is 25.7 Å². The molecule has 16 heavy (non-hydrogen) atoms. The summed E-state index contributed by atoms with van der Waals surface area (Å²) >= 11 is 0. The fourth-order valence-electron chi connectivity index (χ4n) is 3.00. The van der Waals surface area contributed by atoms with Gasteiger partial charge in [-0.2, -0.15) is 0 Å². The molecule has 3 unspecified atom stereocenters. The van der Waals surface area contributed by atoms with Crippen molar-refractivity contribution in [3.8, 4) is 0 Å². The maximum atomic E-state index is 5.49. The van der Waals surface area contributed by atoms with Crippen molar-refractivity contribution in [2.45, 2.75) is 45.6 Å². The average Bonchev–Trinajstić information content (AvgIpc) is 2.85. The second kappa shape index (κ2) is 5.04. The molecule has 0 heterocycles. The summed E-state index contributed by atoms with van der Waals surface area (Å²) in [7, 11) is 0. The molecule has 0 aliphatic heterocycles. The molecule has 0 aromatic heterocycles. The van der Waals surface area contributed by atoms with Gasteiger partial charge in [0.05, 0.1) is 0 Å². The monoisotopic (exact) mass is 224 g/mol. The van der Waals surface area contributed by atoms with Gasteiger partial charge in [0.1, 0.15) is 0 Å². The molecule has 4 N–H and O–H groups in total. The van der Waals surface area contributed by atoms with Gasteiger partial charge in [0.25, 0.3) is 0 Å². The fourth-order valence-corrected chi connectivity index (χ4v) is 3.00. The number of rotatable bonds is 3. The second-order valence-electron chi connectivity index (χ2n) is 5.65. The number of hydrazine groups is 1. The van der Waals surface area contributed by atoms with E-state index in [0.717, 1.165) is 24.3 Å². The lowest BCUT2D eigenvalue weighted by molar-refractivity contribution is 0.387. The van der Waals surface area contributed by atoms with Crippen molar-refractivity contribution in [1.82, 2.24) is 10.7 Å². The summed E-state index contributed by atoms with van der Waals surface area (Å²) in [6.45, 7) is 5.15. The highest BCUT2D eigenvalue weighted by molar-refractivity contribution is 5.79. The molecule has 2 aliphatic rings. The van der Waals surface area contributed by atoms with Crippen LogP contribution in [0.4, 0.5) is 0 Å². The molecule has 92 valence electrons. The van der Waals surface area contributed by atoms with E-state index in [9.17, 15) is 0 Å². The molecule has 0 amide bonds.